The molecule has 0 unspecified atom stereocenters. The van der Waals surface area contributed by atoms with E-state index in [0.29, 0.717) is 33.6 Å². The van der Waals surface area contributed by atoms with Crippen LogP contribution in [0.1, 0.15) is 12.0 Å². The molecular weight excluding hydrogens is 456 g/mol. The molecule has 0 saturated heterocycles. The number of aryl methyl sites for hydroxylation is 2. The van der Waals surface area contributed by atoms with Gasteiger partial charge in [-0.1, -0.05) is 53.6 Å². The Morgan fingerprint density at radius 1 is 1.06 bits per heavy atom. The summed E-state index contributed by atoms with van der Waals surface area (Å²) < 4.78 is 9.62. The lowest BCUT2D eigenvalue weighted by Crippen LogP contribution is -2.15. The molecule has 6 nitrogen and oxygen atoms in total. The SMILES string of the molecule is COc1ccccc1-c1nn(CCC(=O)Nc2ccccc2Cl)c(=S)n1-c1ccc(C)cc1. The van der Waals surface area contributed by atoms with Gasteiger partial charge in [0, 0.05) is 12.1 Å². The van der Waals surface area contributed by atoms with Crippen LogP contribution in [0.25, 0.3) is 17.1 Å². The molecular formula is C25H23ClN4O2S. The highest BCUT2D eigenvalue weighted by Gasteiger charge is 2.18. The van der Waals surface area contributed by atoms with E-state index in [1.165, 1.54) is 0 Å². The van der Waals surface area contributed by atoms with Crippen molar-refractivity contribution < 1.29 is 9.53 Å². The van der Waals surface area contributed by atoms with Crippen LogP contribution in [0, 0.1) is 11.7 Å². The Labute approximate surface area is 202 Å². The van der Waals surface area contributed by atoms with E-state index in [1.54, 1.807) is 23.9 Å². The zero-order valence-electron chi connectivity index (χ0n) is 18.3. The molecule has 3 aromatic carbocycles. The lowest BCUT2D eigenvalue weighted by molar-refractivity contribution is -0.116. The largest absolute Gasteiger partial charge is 0.496 e. The van der Waals surface area contributed by atoms with Crippen molar-refractivity contribution in [3.05, 3.63) is 88.2 Å². The van der Waals surface area contributed by atoms with E-state index >= 15 is 0 Å². The minimum absolute atomic E-state index is 0.172. The van der Waals surface area contributed by atoms with E-state index in [0.717, 1.165) is 16.8 Å². The third-order valence-electron chi connectivity index (χ3n) is 5.18. The highest BCUT2D eigenvalue weighted by atomic mass is 35.5. The molecule has 0 aliphatic carbocycles. The molecule has 8 heteroatoms. The molecule has 1 amide bonds. The Morgan fingerprint density at radius 3 is 2.48 bits per heavy atom. The number of rotatable bonds is 7. The number of nitrogens with zero attached hydrogens (tertiary/aromatic N) is 3. The molecule has 1 N–H and O–H groups in total. The third-order valence-corrected chi connectivity index (χ3v) is 5.90. The smallest absolute Gasteiger partial charge is 0.226 e. The highest BCUT2D eigenvalue weighted by molar-refractivity contribution is 7.71. The van der Waals surface area contributed by atoms with E-state index in [9.17, 15) is 4.79 Å². The first-order valence-corrected chi connectivity index (χ1v) is 11.2. The Hall–Kier alpha value is -3.42. The van der Waals surface area contributed by atoms with Crippen LogP contribution < -0.4 is 10.1 Å². The molecule has 168 valence electrons. The number of amides is 1. The highest BCUT2D eigenvalue weighted by Crippen LogP contribution is 2.31. The molecule has 33 heavy (non-hydrogen) atoms. The van der Waals surface area contributed by atoms with Gasteiger partial charge in [0.05, 0.1) is 29.9 Å². The fraction of sp³-hybridized carbons (Fsp3) is 0.160. The van der Waals surface area contributed by atoms with Crippen molar-refractivity contribution in [2.75, 3.05) is 12.4 Å². The van der Waals surface area contributed by atoms with Crippen molar-refractivity contribution in [3.8, 4) is 22.8 Å². The summed E-state index contributed by atoms with van der Waals surface area (Å²) in [6.45, 7) is 2.35. The van der Waals surface area contributed by atoms with Crippen LogP contribution in [0.2, 0.25) is 5.02 Å². The molecule has 1 heterocycles. The number of para-hydroxylation sites is 2. The van der Waals surface area contributed by atoms with E-state index in [4.69, 9.17) is 33.7 Å². The number of benzene rings is 3. The van der Waals surface area contributed by atoms with Crippen LogP contribution in [0.4, 0.5) is 5.69 Å². The second-order valence-corrected chi connectivity index (χ2v) is 8.25. The normalized spacial score (nSPS) is 10.8. The van der Waals surface area contributed by atoms with Gasteiger partial charge in [0.1, 0.15) is 5.75 Å². The summed E-state index contributed by atoms with van der Waals surface area (Å²) in [4.78, 5) is 12.5. The average molecular weight is 479 g/mol. The average Bonchev–Trinajstić information content (AvgIpc) is 3.15. The lowest BCUT2D eigenvalue weighted by atomic mass is 10.1. The molecule has 1 aromatic heterocycles. The zero-order valence-corrected chi connectivity index (χ0v) is 19.9. The van der Waals surface area contributed by atoms with Crippen LogP contribution in [0.5, 0.6) is 5.75 Å². The summed E-state index contributed by atoms with van der Waals surface area (Å²) in [6.07, 6.45) is 0.190. The number of methoxy groups -OCH3 is 1. The number of carbonyl (C=O) groups is 1. The maximum atomic E-state index is 12.5. The predicted octanol–water partition coefficient (Wildman–Crippen LogP) is 6.07. The molecule has 0 aliphatic rings. The topological polar surface area (TPSA) is 61.1 Å². The van der Waals surface area contributed by atoms with Crippen LogP contribution in [-0.2, 0) is 11.3 Å². The predicted molar refractivity (Wildman–Crippen MR) is 134 cm³/mol. The van der Waals surface area contributed by atoms with Gasteiger partial charge in [0.2, 0.25) is 10.7 Å². The maximum Gasteiger partial charge on any atom is 0.226 e. The van der Waals surface area contributed by atoms with Crippen LogP contribution in [0.15, 0.2) is 72.8 Å². The minimum atomic E-state index is -0.172. The van der Waals surface area contributed by atoms with Crippen molar-refractivity contribution in [2.24, 2.45) is 0 Å². The standard InChI is InChI=1S/C25H23ClN4O2S/c1-17-11-13-18(14-12-17)30-24(19-7-3-6-10-22(19)32-2)28-29(25(30)33)16-15-23(31)27-21-9-5-4-8-20(21)26/h3-14H,15-16H2,1-2H3,(H,27,31). The van der Waals surface area contributed by atoms with Crippen LogP contribution in [-0.4, -0.2) is 27.4 Å². The molecule has 0 radical (unpaired) electrons. The van der Waals surface area contributed by atoms with Crippen molar-refractivity contribution in [1.82, 2.24) is 14.3 Å². The molecule has 0 fully saturated rings. The molecule has 4 aromatic rings. The first kappa shape index (κ1) is 22.8. The fourth-order valence-corrected chi connectivity index (χ4v) is 3.97. The molecule has 0 spiro atoms. The van der Waals surface area contributed by atoms with E-state index in [2.05, 4.69) is 5.32 Å². The van der Waals surface area contributed by atoms with Crippen LogP contribution >= 0.6 is 23.8 Å². The molecule has 0 saturated carbocycles. The molecule has 0 bridgehead atoms. The molecule has 4 rings (SSSR count). The van der Waals surface area contributed by atoms with Gasteiger partial charge in [-0.2, -0.15) is 5.10 Å². The minimum Gasteiger partial charge on any atom is -0.496 e. The van der Waals surface area contributed by atoms with Gasteiger partial charge in [0.25, 0.3) is 0 Å². The summed E-state index contributed by atoms with van der Waals surface area (Å²) in [5, 5.41) is 8.10. The second kappa shape index (κ2) is 10.0. The first-order valence-electron chi connectivity index (χ1n) is 10.4. The number of carbonyl (C=O) groups excluding carboxylic acids is 1. The summed E-state index contributed by atoms with van der Waals surface area (Å²) >= 11 is 11.9. The van der Waals surface area contributed by atoms with Gasteiger partial charge in [-0.25, -0.2) is 4.68 Å². The number of halogens is 1. The summed E-state index contributed by atoms with van der Waals surface area (Å²) in [6, 6.07) is 22.8. The number of hydrogen-bond donors (Lipinski definition) is 1. The van der Waals surface area contributed by atoms with Gasteiger partial charge in [-0.3, -0.25) is 9.36 Å². The maximum absolute atomic E-state index is 12.5. The van der Waals surface area contributed by atoms with Gasteiger partial charge < -0.3 is 10.1 Å². The summed E-state index contributed by atoms with van der Waals surface area (Å²) in [5.74, 6) is 1.16. The first-order chi connectivity index (χ1) is 16.0. The van der Waals surface area contributed by atoms with Gasteiger partial charge in [0.15, 0.2) is 5.82 Å². The Kier molecular flexibility index (Phi) is 6.91. The number of nitrogens with one attached hydrogen (secondary N) is 1. The van der Waals surface area contributed by atoms with Crippen LogP contribution in [0.3, 0.4) is 0 Å². The van der Waals surface area contributed by atoms with Gasteiger partial charge in [-0.15, -0.1) is 0 Å². The third kappa shape index (κ3) is 4.99. The number of anilines is 1. The van der Waals surface area contributed by atoms with Crippen molar-refractivity contribution in [1.29, 1.82) is 0 Å². The van der Waals surface area contributed by atoms with E-state index in [1.807, 2.05) is 72.2 Å². The number of ether oxygens (including phenoxy) is 1. The fourth-order valence-electron chi connectivity index (χ4n) is 3.47. The molecule has 0 aliphatic heterocycles. The summed E-state index contributed by atoms with van der Waals surface area (Å²) in [5.41, 5.74) is 3.42. The van der Waals surface area contributed by atoms with Gasteiger partial charge >= 0.3 is 0 Å². The zero-order chi connectivity index (χ0) is 23.4. The van der Waals surface area contributed by atoms with Crippen molar-refractivity contribution in [3.63, 3.8) is 0 Å². The summed E-state index contributed by atoms with van der Waals surface area (Å²) in [7, 11) is 1.62. The Morgan fingerprint density at radius 2 is 1.76 bits per heavy atom. The van der Waals surface area contributed by atoms with Gasteiger partial charge in [-0.05, 0) is 55.5 Å². The lowest BCUT2D eigenvalue weighted by Gasteiger charge is -2.10. The monoisotopic (exact) mass is 478 g/mol. The number of aromatic nitrogens is 3. The van der Waals surface area contributed by atoms with Crippen molar-refractivity contribution >= 4 is 35.4 Å². The molecule has 0 atom stereocenters. The Balaban J connectivity index is 1.68. The quantitative estimate of drug-likeness (QED) is 0.327. The van der Waals surface area contributed by atoms with E-state index in [-0.39, 0.29) is 12.3 Å². The van der Waals surface area contributed by atoms with E-state index < -0.39 is 0 Å². The second-order valence-electron chi connectivity index (χ2n) is 7.48. The Bertz CT molecular complexity index is 1350. The number of hydrogen-bond acceptors (Lipinski definition) is 4. The van der Waals surface area contributed by atoms with Crippen molar-refractivity contribution in [2.45, 2.75) is 19.9 Å².